The van der Waals surface area contributed by atoms with Crippen LogP contribution in [-0.2, 0) is 9.53 Å². The molecule has 0 bridgehead atoms. The normalized spacial score (nSPS) is 44.3. The van der Waals surface area contributed by atoms with Crippen LogP contribution in [0.2, 0.25) is 0 Å². The molecule has 18 heavy (non-hydrogen) atoms. The van der Waals surface area contributed by atoms with Gasteiger partial charge in [0, 0.05) is 12.3 Å². The number of alkyl halides is 1. The fourth-order valence-electron chi connectivity index (χ4n) is 2.08. The second-order valence-electron chi connectivity index (χ2n) is 4.45. The van der Waals surface area contributed by atoms with Crippen molar-refractivity contribution < 1.29 is 29.2 Å². The monoisotopic (exact) mass is 262 g/mol. The molecule has 2 heterocycles. The Morgan fingerprint density at radius 3 is 2.78 bits per heavy atom. The molecule has 1 amide bonds. The standard InChI is InChI=1S/C10H15FN2O5/c1-10(11)7(16)5(4-14)18-8(10)13-3-2-6(15)12-9(13)17/h2-3,5,7-9,14,16-17H,4H2,1H3,(H,12,15). The molecule has 0 aromatic rings. The summed E-state index contributed by atoms with van der Waals surface area (Å²) in [6.45, 7) is 0.562. The van der Waals surface area contributed by atoms with Gasteiger partial charge in [0.15, 0.2) is 11.9 Å². The Morgan fingerprint density at radius 1 is 1.61 bits per heavy atom. The Labute approximate surface area is 102 Å². The molecule has 7 nitrogen and oxygen atoms in total. The molecule has 1 saturated heterocycles. The number of nitrogens with one attached hydrogen (secondary N) is 1. The molecule has 0 radical (unpaired) electrons. The molecule has 0 spiro atoms. The number of halogens is 1. The zero-order chi connectivity index (χ0) is 13.5. The van der Waals surface area contributed by atoms with E-state index in [1.54, 1.807) is 0 Å². The first-order chi connectivity index (χ1) is 8.37. The van der Waals surface area contributed by atoms with Gasteiger partial charge in [-0.05, 0) is 6.92 Å². The second kappa shape index (κ2) is 4.47. The molecule has 0 saturated carbocycles. The molecule has 8 heteroatoms. The Hall–Kier alpha value is -1.22. The molecule has 0 aromatic heterocycles. The zero-order valence-corrected chi connectivity index (χ0v) is 9.65. The Kier molecular flexibility index (Phi) is 3.28. The molecule has 102 valence electrons. The molecule has 2 rings (SSSR count). The fourth-order valence-corrected chi connectivity index (χ4v) is 2.08. The van der Waals surface area contributed by atoms with Gasteiger partial charge in [-0.25, -0.2) is 4.39 Å². The molecule has 4 N–H and O–H groups in total. The maximum absolute atomic E-state index is 14.4. The zero-order valence-electron chi connectivity index (χ0n) is 9.65. The predicted octanol–water partition coefficient (Wildman–Crippen LogP) is -1.99. The maximum atomic E-state index is 14.4. The summed E-state index contributed by atoms with van der Waals surface area (Å²) < 4.78 is 19.5. The summed E-state index contributed by atoms with van der Waals surface area (Å²) in [4.78, 5) is 12.0. The van der Waals surface area contributed by atoms with Gasteiger partial charge in [-0.2, -0.15) is 0 Å². The smallest absolute Gasteiger partial charge is 0.248 e. The van der Waals surface area contributed by atoms with E-state index in [-0.39, 0.29) is 0 Å². The van der Waals surface area contributed by atoms with Gasteiger partial charge in [-0.1, -0.05) is 0 Å². The third-order valence-corrected chi connectivity index (χ3v) is 3.12. The van der Waals surface area contributed by atoms with Crippen molar-refractivity contribution in [2.24, 2.45) is 0 Å². The first-order valence-electron chi connectivity index (χ1n) is 5.45. The molecule has 2 aliphatic heterocycles. The lowest BCUT2D eigenvalue weighted by Crippen LogP contribution is -2.58. The number of hydrogen-bond donors (Lipinski definition) is 4. The number of carbonyl (C=O) groups is 1. The summed E-state index contributed by atoms with van der Waals surface area (Å²) in [5.74, 6) is -0.517. The summed E-state index contributed by atoms with van der Waals surface area (Å²) in [7, 11) is 0. The number of ether oxygens (including phenoxy) is 1. The van der Waals surface area contributed by atoms with Crippen LogP contribution < -0.4 is 5.32 Å². The number of rotatable bonds is 2. The maximum Gasteiger partial charge on any atom is 0.248 e. The lowest BCUT2D eigenvalue weighted by atomic mass is 9.98. The van der Waals surface area contributed by atoms with Crippen molar-refractivity contribution in [3.63, 3.8) is 0 Å². The Bertz CT molecular complexity index is 375. The van der Waals surface area contributed by atoms with Crippen LogP contribution in [-0.4, -0.2) is 63.2 Å². The number of aliphatic hydroxyl groups excluding tert-OH is 3. The molecule has 1 fully saturated rings. The minimum Gasteiger partial charge on any atom is -0.394 e. The molecular formula is C10H15FN2O5. The highest BCUT2D eigenvalue weighted by molar-refractivity contribution is 5.88. The second-order valence-corrected chi connectivity index (χ2v) is 4.45. The Balaban J connectivity index is 2.23. The van der Waals surface area contributed by atoms with Crippen LogP contribution in [0.5, 0.6) is 0 Å². The van der Waals surface area contributed by atoms with E-state index >= 15 is 0 Å². The van der Waals surface area contributed by atoms with Gasteiger partial charge in [0.05, 0.1) is 6.61 Å². The van der Waals surface area contributed by atoms with E-state index in [1.165, 1.54) is 6.20 Å². The van der Waals surface area contributed by atoms with Crippen LogP contribution in [0.3, 0.4) is 0 Å². The van der Waals surface area contributed by atoms with Crippen LogP contribution in [0.1, 0.15) is 6.92 Å². The van der Waals surface area contributed by atoms with Crippen LogP contribution in [0, 0.1) is 0 Å². The molecule has 2 aliphatic rings. The summed E-state index contributed by atoms with van der Waals surface area (Å²) in [5, 5.41) is 30.4. The van der Waals surface area contributed by atoms with E-state index in [2.05, 4.69) is 5.32 Å². The van der Waals surface area contributed by atoms with Gasteiger partial charge in [0.1, 0.15) is 12.2 Å². The number of aliphatic hydroxyl groups is 3. The first kappa shape index (κ1) is 13.2. The summed E-state index contributed by atoms with van der Waals surface area (Å²) in [5.41, 5.74) is -2.19. The number of carbonyl (C=O) groups excluding carboxylic acids is 1. The summed E-state index contributed by atoms with van der Waals surface area (Å²) in [6.07, 6.45) is -3.08. The van der Waals surface area contributed by atoms with Gasteiger partial charge in [0.25, 0.3) is 0 Å². The van der Waals surface area contributed by atoms with Gasteiger partial charge in [-0.3, -0.25) is 4.79 Å². The topological polar surface area (TPSA) is 102 Å². The van der Waals surface area contributed by atoms with E-state index in [4.69, 9.17) is 9.84 Å². The lowest BCUT2D eigenvalue weighted by Gasteiger charge is -2.37. The highest BCUT2D eigenvalue weighted by Gasteiger charge is 2.56. The van der Waals surface area contributed by atoms with Crippen molar-refractivity contribution in [3.8, 4) is 0 Å². The highest BCUT2D eigenvalue weighted by Crippen LogP contribution is 2.37. The van der Waals surface area contributed by atoms with Crippen molar-refractivity contribution in [2.45, 2.75) is 37.4 Å². The summed E-state index contributed by atoms with van der Waals surface area (Å²) in [6, 6.07) is 0. The van der Waals surface area contributed by atoms with Crippen molar-refractivity contribution in [1.29, 1.82) is 0 Å². The average molecular weight is 262 g/mol. The molecule has 5 unspecified atom stereocenters. The van der Waals surface area contributed by atoms with Gasteiger partial charge in [0.2, 0.25) is 12.3 Å². The number of hydrogen-bond acceptors (Lipinski definition) is 6. The van der Waals surface area contributed by atoms with Gasteiger partial charge >= 0.3 is 0 Å². The number of nitrogens with zero attached hydrogens (tertiary/aromatic N) is 1. The number of amides is 1. The van der Waals surface area contributed by atoms with Crippen molar-refractivity contribution in [1.82, 2.24) is 10.2 Å². The predicted molar refractivity (Wildman–Crippen MR) is 56.4 cm³/mol. The fraction of sp³-hybridized carbons (Fsp3) is 0.700. The third-order valence-electron chi connectivity index (χ3n) is 3.12. The molecule has 5 atom stereocenters. The van der Waals surface area contributed by atoms with Crippen LogP contribution in [0.15, 0.2) is 12.3 Å². The van der Waals surface area contributed by atoms with Gasteiger partial charge < -0.3 is 30.3 Å². The van der Waals surface area contributed by atoms with Crippen molar-refractivity contribution in [3.05, 3.63) is 12.3 Å². The quantitative estimate of drug-likeness (QED) is 0.460. The van der Waals surface area contributed by atoms with E-state index < -0.39 is 43.0 Å². The van der Waals surface area contributed by atoms with E-state index in [0.29, 0.717) is 0 Å². The van der Waals surface area contributed by atoms with Crippen LogP contribution >= 0.6 is 0 Å². The Morgan fingerprint density at radius 2 is 2.28 bits per heavy atom. The minimum atomic E-state index is -2.19. The lowest BCUT2D eigenvalue weighted by molar-refractivity contribution is -0.158. The molecular weight excluding hydrogens is 247 g/mol. The van der Waals surface area contributed by atoms with Crippen molar-refractivity contribution >= 4 is 5.91 Å². The first-order valence-corrected chi connectivity index (χ1v) is 5.45. The van der Waals surface area contributed by atoms with Crippen LogP contribution in [0.4, 0.5) is 4.39 Å². The average Bonchev–Trinajstić information content (AvgIpc) is 2.52. The highest BCUT2D eigenvalue weighted by atomic mass is 19.1. The van der Waals surface area contributed by atoms with E-state index in [0.717, 1.165) is 17.9 Å². The van der Waals surface area contributed by atoms with Gasteiger partial charge in [-0.15, -0.1) is 0 Å². The largest absolute Gasteiger partial charge is 0.394 e. The van der Waals surface area contributed by atoms with E-state index in [9.17, 15) is 19.4 Å². The SMILES string of the molecule is CC1(F)C(O)C(CO)OC1N1C=CC(=O)NC1O. The van der Waals surface area contributed by atoms with Crippen molar-refractivity contribution in [2.75, 3.05) is 6.61 Å². The van der Waals surface area contributed by atoms with E-state index in [1.807, 2.05) is 0 Å². The van der Waals surface area contributed by atoms with Crippen LogP contribution in [0.25, 0.3) is 0 Å². The molecule has 0 aromatic carbocycles. The molecule has 0 aliphatic carbocycles. The third kappa shape index (κ3) is 1.97. The summed E-state index contributed by atoms with van der Waals surface area (Å²) >= 11 is 0. The minimum absolute atomic E-state index is 0.517.